The molecule has 154 valence electrons. The molecule has 3 rings (SSSR count). The fraction of sp³-hybridized carbons (Fsp3) is 0.385. The van der Waals surface area contributed by atoms with E-state index in [4.69, 9.17) is 14.2 Å². The van der Waals surface area contributed by atoms with Gasteiger partial charge in [-0.3, -0.25) is 0 Å². The molecule has 0 saturated heterocycles. The first kappa shape index (κ1) is 21.0. The smallest absolute Gasteiger partial charge is 0.173 e. The van der Waals surface area contributed by atoms with Gasteiger partial charge in [-0.15, -0.1) is 0 Å². The van der Waals surface area contributed by atoms with Gasteiger partial charge in [0.2, 0.25) is 0 Å². The second kappa shape index (κ2) is 11.4. The van der Waals surface area contributed by atoms with Crippen LogP contribution in [-0.2, 0) is 0 Å². The van der Waals surface area contributed by atoms with Gasteiger partial charge in [0, 0.05) is 0 Å². The van der Waals surface area contributed by atoms with Gasteiger partial charge < -0.3 is 14.2 Å². The van der Waals surface area contributed by atoms with Crippen LogP contribution in [0.3, 0.4) is 0 Å². The van der Waals surface area contributed by atoms with Crippen LogP contribution in [0.25, 0.3) is 10.8 Å². The molecule has 0 spiro atoms. The molecule has 0 aromatic heterocycles. The van der Waals surface area contributed by atoms with Gasteiger partial charge >= 0.3 is 0 Å². The summed E-state index contributed by atoms with van der Waals surface area (Å²) in [6, 6.07) is 20.1. The van der Waals surface area contributed by atoms with E-state index in [9.17, 15) is 0 Å². The standard InChI is InChI=1S/C26H32O3/c1-3-5-10-19-27-23-16-12-13-21-17-18-24(29-22-14-8-7-9-15-22)26(25(21)23)28-20-11-6-4-2/h7-9,12-18H,3-6,10-11,19-20H2,1-2H3. The second-order valence-electron chi connectivity index (χ2n) is 7.27. The molecule has 0 saturated carbocycles. The lowest BCUT2D eigenvalue weighted by atomic mass is 10.1. The van der Waals surface area contributed by atoms with Crippen LogP contribution < -0.4 is 14.2 Å². The number of para-hydroxylation sites is 1. The Hall–Kier alpha value is -2.68. The average Bonchev–Trinajstić information content (AvgIpc) is 2.76. The van der Waals surface area contributed by atoms with Crippen molar-refractivity contribution < 1.29 is 14.2 Å². The zero-order chi connectivity index (χ0) is 20.3. The highest BCUT2D eigenvalue weighted by molar-refractivity contribution is 5.96. The van der Waals surface area contributed by atoms with E-state index in [1.54, 1.807) is 0 Å². The minimum absolute atomic E-state index is 0.669. The van der Waals surface area contributed by atoms with Crippen LogP contribution in [0.1, 0.15) is 52.4 Å². The van der Waals surface area contributed by atoms with E-state index in [-0.39, 0.29) is 0 Å². The highest BCUT2D eigenvalue weighted by atomic mass is 16.5. The van der Waals surface area contributed by atoms with Crippen LogP contribution in [0.5, 0.6) is 23.0 Å². The first-order valence-corrected chi connectivity index (χ1v) is 10.9. The van der Waals surface area contributed by atoms with E-state index < -0.39 is 0 Å². The maximum Gasteiger partial charge on any atom is 0.173 e. The predicted molar refractivity (Wildman–Crippen MR) is 121 cm³/mol. The summed E-state index contributed by atoms with van der Waals surface area (Å²) >= 11 is 0. The van der Waals surface area contributed by atoms with Crippen molar-refractivity contribution in [2.45, 2.75) is 52.4 Å². The molecule has 3 aromatic carbocycles. The van der Waals surface area contributed by atoms with Gasteiger partial charge in [-0.25, -0.2) is 0 Å². The summed E-state index contributed by atoms with van der Waals surface area (Å²) in [5.74, 6) is 3.16. The summed E-state index contributed by atoms with van der Waals surface area (Å²) in [7, 11) is 0. The largest absolute Gasteiger partial charge is 0.493 e. The average molecular weight is 393 g/mol. The van der Waals surface area contributed by atoms with Crippen molar-refractivity contribution in [2.75, 3.05) is 13.2 Å². The van der Waals surface area contributed by atoms with Gasteiger partial charge in [0.05, 0.1) is 18.6 Å². The maximum absolute atomic E-state index is 6.29. The third kappa shape index (κ3) is 5.90. The number of unbranched alkanes of at least 4 members (excludes halogenated alkanes) is 4. The first-order valence-electron chi connectivity index (χ1n) is 10.9. The Balaban J connectivity index is 1.95. The highest BCUT2D eigenvalue weighted by Gasteiger charge is 2.16. The molecule has 0 bridgehead atoms. The van der Waals surface area contributed by atoms with Crippen molar-refractivity contribution in [3.8, 4) is 23.0 Å². The Morgan fingerprint density at radius 3 is 2.07 bits per heavy atom. The van der Waals surface area contributed by atoms with Crippen molar-refractivity contribution in [3.63, 3.8) is 0 Å². The fourth-order valence-electron chi connectivity index (χ4n) is 3.31. The molecule has 0 unspecified atom stereocenters. The SMILES string of the molecule is CCCCCOc1cccc2ccc(Oc3ccccc3)c(OCCCCC)c12. The van der Waals surface area contributed by atoms with Crippen molar-refractivity contribution >= 4 is 10.8 Å². The van der Waals surface area contributed by atoms with Gasteiger partial charge in [0.15, 0.2) is 11.5 Å². The molecule has 3 heteroatoms. The first-order chi connectivity index (χ1) is 14.3. The lowest BCUT2D eigenvalue weighted by molar-refractivity contribution is 0.290. The molecular formula is C26H32O3. The Kier molecular flexibility index (Phi) is 8.24. The molecule has 29 heavy (non-hydrogen) atoms. The van der Waals surface area contributed by atoms with E-state index in [2.05, 4.69) is 26.0 Å². The van der Waals surface area contributed by atoms with E-state index in [1.165, 1.54) is 12.8 Å². The van der Waals surface area contributed by atoms with E-state index in [0.29, 0.717) is 13.2 Å². The Morgan fingerprint density at radius 1 is 0.621 bits per heavy atom. The third-order valence-corrected chi connectivity index (χ3v) is 4.89. The molecule has 0 heterocycles. The lowest BCUT2D eigenvalue weighted by Gasteiger charge is -2.17. The molecule has 0 aliphatic carbocycles. The highest BCUT2D eigenvalue weighted by Crippen LogP contribution is 2.42. The van der Waals surface area contributed by atoms with Crippen LogP contribution in [0, 0.1) is 0 Å². The summed E-state index contributed by atoms with van der Waals surface area (Å²) in [5.41, 5.74) is 0. The number of hydrogen-bond acceptors (Lipinski definition) is 3. The molecule has 0 aliphatic heterocycles. The zero-order valence-electron chi connectivity index (χ0n) is 17.7. The van der Waals surface area contributed by atoms with Gasteiger partial charge in [-0.05, 0) is 42.5 Å². The molecule has 0 N–H and O–H groups in total. The summed E-state index contributed by atoms with van der Waals surface area (Å²) in [6.45, 7) is 5.78. The van der Waals surface area contributed by atoms with Gasteiger partial charge in [-0.2, -0.15) is 0 Å². The van der Waals surface area contributed by atoms with Gasteiger partial charge in [-0.1, -0.05) is 75.9 Å². The normalized spacial score (nSPS) is 10.8. The van der Waals surface area contributed by atoms with Gasteiger partial charge in [0.1, 0.15) is 11.5 Å². The van der Waals surface area contributed by atoms with Crippen LogP contribution in [0.2, 0.25) is 0 Å². The predicted octanol–water partition coefficient (Wildman–Crippen LogP) is 7.77. The van der Waals surface area contributed by atoms with Crippen molar-refractivity contribution in [1.82, 2.24) is 0 Å². The number of hydrogen-bond donors (Lipinski definition) is 0. The molecule has 0 amide bonds. The Bertz CT molecular complexity index is 874. The minimum atomic E-state index is 0.669. The number of benzene rings is 3. The molecule has 0 radical (unpaired) electrons. The molecule has 0 atom stereocenters. The van der Waals surface area contributed by atoms with Crippen LogP contribution in [0.4, 0.5) is 0 Å². The summed E-state index contributed by atoms with van der Waals surface area (Å²) in [5, 5.41) is 2.10. The van der Waals surface area contributed by atoms with Crippen molar-refractivity contribution in [3.05, 3.63) is 60.7 Å². The molecule has 3 aromatic rings. The topological polar surface area (TPSA) is 27.7 Å². The summed E-state index contributed by atoms with van der Waals surface area (Å²) in [6.07, 6.45) is 6.75. The quantitative estimate of drug-likeness (QED) is 0.295. The summed E-state index contributed by atoms with van der Waals surface area (Å²) in [4.78, 5) is 0. The minimum Gasteiger partial charge on any atom is -0.493 e. The maximum atomic E-state index is 6.29. The number of rotatable bonds is 12. The van der Waals surface area contributed by atoms with Crippen LogP contribution in [-0.4, -0.2) is 13.2 Å². The van der Waals surface area contributed by atoms with Crippen molar-refractivity contribution in [2.24, 2.45) is 0 Å². The molecule has 3 nitrogen and oxygen atoms in total. The van der Waals surface area contributed by atoms with E-state index in [1.807, 2.05) is 48.5 Å². The number of ether oxygens (including phenoxy) is 3. The molecular weight excluding hydrogens is 360 g/mol. The van der Waals surface area contributed by atoms with Crippen molar-refractivity contribution in [1.29, 1.82) is 0 Å². The Labute approximate surface area is 174 Å². The Morgan fingerprint density at radius 2 is 1.34 bits per heavy atom. The second-order valence-corrected chi connectivity index (χ2v) is 7.27. The van der Waals surface area contributed by atoms with Crippen LogP contribution in [0.15, 0.2) is 60.7 Å². The third-order valence-electron chi connectivity index (χ3n) is 4.89. The van der Waals surface area contributed by atoms with E-state index >= 15 is 0 Å². The van der Waals surface area contributed by atoms with Crippen LogP contribution >= 0.6 is 0 Å². The zero-order valence-corrected chi connectivity index (χ0v) is 17.7. The molecule has 0 fully saturated rings. The number of fused-ring (bicyclic) bond motifs is 1. The fourth-order valence-corrected chi connectivity index (χ4v) is 3.31. The monoisotopic (exact) mass is 392 g/mol. The summed E-state index contributed by atoms with van der Waals surface area (Å²) < 4.78 is 18.6. The lowest BCUT2D eigenvalue weighted by Crippen LogP contribution is -2.02. The molecule has 0 aliphatic rings. The van der Waals surface area contributed by atoms with Gasteiger partial charge in [0.25, 0.3) is 0 Å². The van der Waals surface area contributed by atoms with E-state index in [0.717, 1.165) is 59.5 Å².